The third-order valence-corrected chi connectivity index (χ3v) is 5.99. The molecule has 5 heteroatoms. The van der Waals surface area contributed by atoms with E-state index in [4.69, 9.17) is 0 Å². The second-order valence-corrected chi connectivity index (χ2v) is 7.56. The third kappa shape index (κ3) is 3.30. The van der Waals surface area contributed by atoms with Gasteiger partial charge in [-0.3, -0.25) is 9.48 Å². The molecule has 23 heavy (non-hydrogen) atoms. The minimum absolute atomic E-state index is 0.184. The lowest BCUT2D eigenvalue weighted by Gasteiger charge is -2.26. The van der Waals surface area contributed by atoms with Crippen LogP contribution in [-0.4, -0.2) is 58.2 Å². The molecule has 1 amide bonds. The molecular formula is C18H28N4O. The van der Waals surface area contributed by atoms with Gasteiger partial charge in [-0.25, -0.2) is 0 Å². The first-order valence-corrected chi connectivity index (χ1v) is 9.34. The van der Waals surface area contributed by atoms with Crippen molar-refractivity contribution in [2.45, 2.75) is 45.1 Å². The molecule has 3 heterocycles. The van der Waals surface area contributed by atoms with Gasteiger partial charge in [0.2, 0.25) is 0 Å². The smallest absolute Gasteiger partial charge is 0.257 e. The highest BCUT2D eigenvalue weighted by molar-refractivity contribution is 5.93. The number of carbonyl (C=O) groups is 1. The maximum Gasteiger partial charge on any atom is 0.257 e. The van der Waals surface area contributed by atoms with Crippen molar-refractivity contribution in [3.63, 3.8) is 0 Å². The molecule has 2 saturated heterocycles. The minimum Gasteiger partial charge on any atom is -0.338 e. The predicted octanol–water partition coefficient (Wildman–Crippen LogP) is 2.24. The number of hydrogen-bond acceptors (Lipinski definition) is 3. The Bertz CT molecular complexity index is 537. The molecule has 2 unspecified atom stereocenters. The molecular weight excluding hydrogens is 288 g/mol. The van der Waals surface area contributed by atoms with Gasteiger partial charge in [0, 0.05) is 25.8 Å². The largest absolute Gasteiger partial charge is 0.338 e. The first-order chi connectivity index (χ1) is 11.3. The van der Waals surface area contributed by atoms with Crippen molar-refractivity contribution in [1.82, 2.24) is 19.6 Å². The van der Waals surface area contributed by atoms with Crippen molar-refractivity contribution in [3.05, 3.63) is 18.0 Å². The van der Waals surface area contributed by atoms with Gasteiger partial charge in [0.1, 0.15) is 0 Å². The molecule has 2 aliphatic heterocycles. The zero-order valence-corrected chi connectivity index (χ0v) is 14.0. The molecule has 5 nitrogen and oxygen atoms in total. The van der Waals surface area contributed by atoms with E-state index in [1.807, 2.05) is 10.9 Å². The molecule has 3 fully saturated rings. The van der Waals surface area contributed by atoms with Crippen molar-refractivity contribution >= 4 is 5.91 Å². The van der Waals surface area contributed by atoms with Crippen LogP contribution < -0.4 is 0 Å². The van der Waals surface area contributed by atoms with Gasteiger partial charge >= 0.3 is 0 Å². The summed E-state index contributed by atoms with van der Waals surface area (Å²) in [7, 11) is 0. The summed E-state index contributed by atoms with van der Waals surface area (Å²) in [5.41, 5.74) is 0.767. The molecule has 1 aliphatic carbocycles. The Kier molecular flexibility index (Phi) is 4.38. The maximum absolute atomic E-state index is 12.7. The van der Waals surface area contributed by atoms with E-state index in [0.717, 1.165) is 43.6 Å². The minimum atomic E-state index is 0.184. The van der Waals surface area contributed by atoms with E-state index >= 15 is 0 Å². The van der Waals surface area contributed by atoms with Crippen molar-refractivity contribution in [3.8, 4) is 0 Å². The van der Waals surface area contributed by atoms with Gasteiger partial charge in [-0.1, -0.05) is 12.8 Å². The molecule has 126 valence electrons. The number of amides is 1. The Labute approximate surface area is 138 Å². The van der Waals surface area contributed by atoms with Gasteiger partial charge < -0.3 is 9.80 Å². The number of likely N-dealkylation sites (tertiary alicyclic amines) is 2. The molecule has 0 aromatic carbocycles. The van der Waals surface area contributed by atoms with Crippen LogP contribution in [-0.2, 0) is 6.54 Å². The van der Waals surface area contributed by atoms with Crippen LogP contribution in [0.15, 0.2) is 12.4 Å². The van der Waals surface area contributed by atoms with Crippen molar-refractivity contribution < 1.29 is 4.79 Å². The van der Waals surface area contributed by atoms with Crippen molar-refractivity contribution in [1.29, 1.82) is 0 Å². The van der Waals surface area contributed by atoms with E-state index in [9.17, 15) is 4.79 Å². The Balaban J connectivity index is 1.31. The van der Waals surface area contributed by atoms with E-state index < -0.39 is 0 Å². The molecule has 0 radical (unpaired) electrons. The molecule has 1 saturated carbocycles. The summed E-state index contributed by atoms with van der Waals surface area (Å²) in [4.78, 5) is 17.2. The van der Waals surface area contributed by atoms with Crippen molar-refractivity contribution in [2.75, 3.05) is 32.7 Å². The molecule has 4 rings (SSSR count). The quantitative estimate of drug-likeness (QED) is 0.855. The van der Waals surface area contributed by atoms with Crippen LogP contribution in [0.5, 0.6) is 0 Å². The summed E-state index contributed by atoms with van der Waals surface area (Å²) in [5, 5.41) is 4.41. The molecule has 0 spiro atoms. The average Bonchev–Trinajstić information content (AvgIpc) is 3.28. The van der Waals surface area contributed by atoms with E-state index in [2.05, 4.69) is 14.9 Å². The zero-order valence-electron chi connectivity index (χ0n) is 14.0. The van der Waals surface area contributed by atoms with Crippen LogP contribution in [0.25, 0.3) is 0 Å². The van der Waals surface area contributed by atoms with Crippen LogP contribution in [0.1, 0.15) is 48.9 Å². The highest BCUT2D eigenvalue weighted by Crippen LogP contribution is 2.38. The molecule has 2 atom stereocenters. The lowest BCUT2D eigenvalue weighted by molar-refractivity contribution is 0.0780. The lowest BCUT2D eigenvalue weighted by atomic mass is 10.0. The van der Waals surface area contributed by atoms with Gasteiger partial charge in [0.25, 0.3) is 5.91 Å². The standard InChI is InChI=1S/C18H28N4O/c23-18(21-12-15-5-4-6-16(15)13-21)17-11-19-22(14-17)10-9-20-7-2-1-3-8-20/h11,14-16H,1-10,12-13H2. The van der Waals surface area contributed by atoms with E-state index in [1.165, 1.54) is 51.6 Å². The molecule has 0 N–H and O–H groups in total. The Hall–Kier alpha value is -1.36. The molecule has 3 aliphatic rings. The number of nitrogens with zero attached hydrogens (tertiary/aromatic N) is 4. The summed E-state index contributed by atoms with van der Waals surface area (Å²) in [6, 6.07) is 0. The first-order valence-electron chi connectivity index (χ1n) is 9.34. The lowest BCUT2D eigenvalue weighted by Crippen LogP contribution is -2.32. The zero-order chi connectivity index (χ0) is 15.6. The second-order valence-electron chi connectivity index (χ2n) is 7.56. The summed E-state index contributed by atoms with van der Waals surface area (Å²) in [6.07, 6.45) is 11.7. The fourth-order valence-corrected chi connectivity index (χ4v) is 4.61. The molecule has 0 bridgehead atoms. The Morgan fingerprint density at radius 2 is 1.78 bits per heavy atom. The van der Waals surface area contributed by atoms with E-state index in [0.29, 0.717) is 0 Å². The average molecular weight is 316 g/mol. The summed E-state index contributed by atoms with van der Waals surface area (Å²) in [6.45, 7) is 6.28. The maximum atomic E-state index is 12.7. The number of aromatic nitrogens is 2. The van der Waals surface area contributed by atoms with Gasteiger partial charge in [-0.15, -0.1) is 0 Å². The summed E-state index contributed by atoms with van der Waals surface area (Å²) >= 11 is 0. The normalized spacial score (nSPS) is 28.3. The fraction of sp³-hybridized carbons (Fsp3) is 0.778. The Morgan fingerprint density at radius 3 is 2.52 bits per heavy atom. The molecule has 1 aromatic heterocycles. The summed E-state index contributed by atoms with van der Waals surface area (Å²) in [5.74, 6) is 1.70. The predicted molar refractivity (Wildman–Crippen MR) is 89.3 cm³/mol. The van der Waals surface area contributed by atoms with Crippen LogP contribution in [0.4, 0.5) is 0 Å². The Morgan fingerprint density at radius 1 is 1.04 bits per heavy atom. The van der Waals surface area contributed by atoms with Gasteiger partial charge in [0.15, 0.2) is 0 Å². The molecule has 1 aromatic rings. The number of fused-ring (bicyclic) bond motifs is 1. The number of carbonyl (C=O) groups excluding carboxylic acids is 1. The third-order valence-electron chi connectivity index (χ3n) is 5.99. The highest BCUT2D eigenvalue weighted by Gasteiger charge is 2.38. The van der Waals surface area contributed by atoms with Gasteiger partial charge in [-0.2, -0.15) is 5.10 Å². The van der Waals surface area contributed by atoms with Crippen LogP contribution in [0.2, 0.25) is 0 Å². The number of piperidine rings is 1. The van der Waals surface area contributed by atoms with Gasteiger partial charge in [-0.05, 0) is 50.6 Å². The topological polar surface area (TPSA) is 41.4 Å². The summed E-state index contributed by atoms with van der Waals surface area (Å²) < 4.78 is 1.94. The van der Waals surface area contributed by atoms with Crippen LogP contribution in [0, 0.1) is 11.8 Å². The van der Waals surface area contributed by atoms with E-state index in [-0.39, 0.29) is 5.91 Å². The van der Waals surface area contributed by atoms with E-state index in [1.54, 1.807) is 6.20 Å². The first kappa shape index (κ1) is 15.2. The van der Waals surface area contributed by atoms with Crippen LogP contribution >= 0.6 is 0 Å². The fourth-order valence-electron chi connectivity index (χ4n) is 4.61. The second kappa shape index (κ2) is 6.63. The van der Waals surface area contributed by atoms with Crippen molar-refractivity contribution in [2.24, 2.45) is 11.8 Å². The van der Waals surface area contributed by atoms with Crippen LogP contribution in [0.3, 0.4) is 0 Å². The SMILES string of the molecule is O=C(c1cnn(CCN2CCCCC2)c1)N1CC2CCCC2C1. The highest BCUT2D eigenvalue weighted by atomic mass is 16.2. The van der Waals surface area contributed by atoms with Gasteiger partial charge in [0.05, 0.1) is 18.3 Å². The monoisotopic (exact) mass is 316 g/mol. The number of hydrogen-bond donors (Lipinski definition) is 0. The number of rotatable bonds is 4.